The summed E-state index contributed by atoms with van der Waals surface area (Å²) in [5.74, 6) is -0.0997. The Labute approximate surface area is 229 Å². The normalized spacial score (nSPS) is 11.1. The number of carbonyl (C=O) groups is 2. The smallest absolute Gasteiger partial charge is 0.340 e. The molecule has 0 spiro atoms. The molecule has 0 radical (unpaired) electrons. The van der Waals surface area contributed by atoms with Gasteiger partial charge >= 0.3 is 22.1 Å². The Kier molecular flexibility index (Phi) is 10.3. The number of urea groups is 1. The fourth-order valence-electron chi connectivity index (χ4n) is 3.68. The number of ether oxygens (including phenoxy) is 2. The van der Waals surface area contributed by atoms with Crippen molar-refractivity contribution in [1.29, 1.82) is 0 Å². The molecule has 3 aromatic carbocycles. The summed E-state index contributed by atoms with van der Waals surface area (Å²) in [4.78, 5) is 26.9. The lowest BCUT2D eigenvalue weighted by Gasteiger charge is -2.27. The topological polar surface area (TPSA) is 111 Å². The van der Waals surface area contributed by atoms with E-state index >= 15 is 0 Å². The van der Waals surface area contributed by atoms with Gasteiger partial charge in [0.25, 0.3) is 0 Å². The average Bonchev–Trinajstić information content (AvgIpc) is 2.92. The Morgan fingerprint density at radius 1 is 0.949 bits per heavy atom. The molecule has 0 aliphatic heterocycles. The first-order valence-electron chi connectivity index (χ1n) is 12.7. The standard InChI is InChI=1S/C29H34N2O7S/c1-5-6-19-37-28(32)24-11-7-10-14-27(24)39(34,35)38-23-17-15-22(16-18-23)20-31(21(2)3)29(33)30-25-12-8-9-13-26(25)36-4/h7-18,21H,5-6,19-20H2,1-4H3,(H,30,33). The summed E-state index contributed by atoms with van der Waals surface area (Å²) in [6.45, 7) is 6.24. The Bertz CT molecular complexity index is 1370. The van der Waals surface area contributed by atoms with Gasteiger partial charge in [0, 0.05) is 12.6 Å². The number of hydrogen-bond acceptors (Lipinski definition) is 7. The molecule has 9 nitrogen and oxygen atoms in total. The molecule has 0 saturated carbocycles. The zero-order valence-corrected chi connectivity index (χ0v) is 23.4. The minimum Gasteiger partial charge on any atom is -0.495 e. The summed E-state index contributed by atoms with van der Waals surface area (Å²) >= 11 is 0. The molecule has 10 heteroatoms. The first-order chi connectivity index (χ1) is 18.7. The molecule has 3 aromatic rings. The van der Waals surface area contributed by atoms with Crippen LogP contribution in [0.1, 0.15) is 49.5 Å². The Hall–Kier alpha value is -4.05. The van der Waals surface area contributed by atoms with Gasteiger partial charge in [-0.05, 0) is 62.2 Å². The quantitative estimate of drug-likeness (QED) is 0.169. The highest BCUT2D eigenvalue weighted by Crippen LogP contribution is 2.25. The van der Waals surface area contributed by atoms with E-state index in [4.69, 9.17) is 13.7 Å². The molecule has 0 atom stereocenters. The van der Waals surface area contributed by atoms with Gasteiger partial charge < -0.3 is 23.9 Å². The van der Waals surface area contributed by atoms with Crippen molar-refractivity contribution < 1.29 is 31.7 Å². The lowest BCUT2D eigenvalue weighted by atomic mass is 10.2. The van der Waals surface area contributed by atoms with Crippen molar-refractivity contribution in [2.45, 2.75) is 51.1 Å². The number of carbonyl (C=O) groups excluding carboxylic acids is 2. The van der Waals surface area contributed by atoms with E-state index in [9.17, 15) is 18.0 Å². The number of nitrogens with zero attached hydrogens (tertiary/aromatic N) is 1. The number of anilines is 1. The molecule has 0 aromatic heterocycles. The van der Waals surface area contributed by atoms with Gasteiger partial charge in [-0.15, -0.1) is 0 Å². The molecule has 0 aliphatic carbocycles. The third-order valence-electron chi connectivity index (χ3n) is 5.82. The van der Waals surface area contributed by atoms with Gasteiger partial charge in [0.05, 0.1) is 25.0 Å². The molecule has 0 fully saturated rings. The van der Waals surface area contributed by atoms with Gasteiger partial charge in [0.15, 0.2) is 0 Å². The van der Waals surface area contributed by atoms with Crippen LogP contribution in [0, 0.1) is 0 Å². The maximum atomic E-state index is 13.0. The number of benzene rings is 3. The van der Waals surface area contributed by atoms with E-state index in [-0.39, 0.29) is 41.4 Å². The van der Waals surface area contributed by atoms with Crippen LogP contribution >= 0.6 is 0 Å². The summed E-state index contributed by atoms with van der Waals surface area (Å²) in [5.41, 5.74) is 1.24. The van der Waals surface area contributed by atoms with E-state index < -0.39 is 16.1 Å². The van der Waals surface area contributed by atoms with Gasteiger partial charge in [-0.1, -0.05) is 49.7 Å². The maximum Gasteiger partial charge on any atom is 0.340 e. The predicted molar refractivity (Wildman–Crippen MR) is 149 cm³/mol. The van der Waals surface area contributed by atoms with Crippen LogP contribution in [-0.4, -0.2) is 45.1 Å². The summed E-state index contributed by atoms with van der Waals surface area (Å²) < 4.78 is 41.9. The van der Waals surface area contributed by atoms with Crippen LogP contribution in [0.5, 0.6) is 11.5 Å². The number of nitrogens with one attached hydrogen (secondary N) is 1. The van der Waals surface area contributed by atoms with Crippen LogP contribution in [0.4, 0.5) is 10.5 Å². The minimum absolute atomic E-state index is 0.0717. The van der Waals surface area contributed by atoms with Crippen molar-refractivity contribution in [2.75, 3.05) is 19.0 Å². The van der Waals surface area contributed by atoms with Crippen LogP contribution in [0.25, 0.3) is 0 Å². The van der Waals surface area contributed by atoms with E-state index in [1.165, 1.54) is 37.4 Å². The van der Waals surface area contributed by atoms with Crippen LogP contribution < -0.4 is 14.2 Å². The number of esters is 1. The van der Waals surface area contributed by atoms with Crippen LogP contribution in [0.2, 0.25) is 0 Å². The molecule has 0 heterocycles. The van der Waals surface area contributed by atoms with Gasteiger partial charge in [0.2, 0.25) is 0 Å². The zero-order valence-electron chi connectivity index (χ0n) is 22.5. The lowest BCUT2D eigenvalue weighted by molar-refractivity contribution is 0.0495. The fourth-order valence-corrected chi connectivity index (χ4v) is 4.80. The van der Waals surface area contributed by atoms with Crippen molar-refractivity contribution in [3.05, 3.63) is 83.9 Å². The largest absolute Gasteiger partial charge is 0.495 e. The molecule has 1 N–H and O–H groups in total. The lowest BCUT2D eigenvalue weighted by Crippen LogP contribution is -2.39. The van der Waals surface area contributed by atoms with E-state index in [1.54, 1.807) is 41.3 Å². The summed E-state index contributed by atoms with van der Waals surface area (Å²) in [7, 11) is -2.78. The Morgan fingerprint density at radius 3 is 2.28 bits per heavy atom. The number of para-hydroxylation sites is 2. The van der Waals surface area contributed by atoms with Gasteiger partial charge in [0.1, 0.15) is 16.4 Å². The highest BCUT2D eigenvalue weighted by molar-refractivity contribution is 7.87. The molecule has 208 valence electrons. The van der Waals surface area contributed by atoms with E-state index in [2.05, 4.69) is 5.32 Å². The highest BCUT2D eigenvalue weighted by Gasteiger charge is 2.25. The summed E-state index contributed by atoms with van der Waals surface area (Å²) in [5, 5.41) is 2.87. The molecule has 3 rings (SSSR count). The average molecular weight is 555 g/mol. The van der Waals surface area contributed by atoms with Crippen LogP contribution in [-0.2, 0) is 21.4 Å². The molecular weight excluding hydrogens is 520 g/mol. The van der Waals surface area contributed by atoms with Gasteiger partial charge in [-0.3, -0.25) is 0 Å². The Morgan fingerprint density at radius 2 is 1.62 bits per heavy atom. The first kappa shape index (κ1) is 29.5. The number of rotatable bonds is 12. The first-order valence-corrected chi connectivity index (χ1v) is 14.1. The van der Waals surface area contributed by atoms with Gasteiger partial charge in [-0.2, -0.15) is 8.42 Å². The Balaban J connectivity index is 1.72. The highest BCUT2D eigenvalue weighted by atomic mass is 32.2. The second-order valence-corrected chi connectivity index (χ2v) is 10.5. The number of unbranched alkanes of at least 4 members (excludes halogenated alkanes) is 1. The van der Waals surface area contributed by atoms with Crippen molar-refractivity contribution in [3.63, 3.8) is 0 Å². The van der Waals surface area contributed by atoms with E-state index in [0.29, 0.717) is 17.9 Å². The van der Waals surface area contributed by atoms with E-state index in [1.807, 2.05) is 26.8 Å². The summed E-state index contributed by atoms with van der Waals surface area (Å²) in [6.07, 6.45) is 1.52. The molecule has 0 aliphatic rings. The minimum atomic E-state index is -4.31. The monoisotopic (exact) mass is 554 g/mol. The van der Waals surface area contributed by atoms with Crippen molar-refractivity contribution in [2.24, 2.45) is 0 Å². The van der Waals surface area contributed by atoms with Crippen molar-refractivity contribution in [3.8, 4) is 11.5 Å². The van der Waals surface area contributed by atoms with Gasteiger partial charge in [-0.25, -0.2) is 9.59 Å². The maximum absolute atomic E-state index is 13.0. The second-order valence-electron chi connectivity index (χ2n) is 9.02. The number of methoxy groups -OCH3 is 1. The second kappa shape index (κ2) is 13.7. The SMILES string of the molecule is CCCCOC(=O)c1ccccc1S(=O)(=O)Oc1ccc(CN(C(=O)Nc2ccccc2OC)C(C)C)cc1. The third-order valence-corrected chi connectivity index (χ3v) is 7.13. The summed E-state index contributed by atoms with van der Waals surface area (Å²) in [6, 6.07) is 18.9. The van der Waals surface area contributed by atoms with Crippen LogP contribution in [0.15, 0.2) is 77.7 Å². The molecule has 2 amide bonds. The molecule has 0 bridgehead atoms. The number of amides is 2. The number of hydrogen-bond donors (Lipinski definition) is 1. The predicted octanol–water partition coefficient (Wildman–Crippen LogP) is 5.86. The van der Waals surface area contributed by atoms with Crippen molar-refractivity contribution in [1.82, 2.24) is 4.90 Å². The molecule has 39 heavy (non-hydrogen) atoms. The third kappa shape index (κ3) is 7.97. The molecule has 0 unspecified atom stereocenters. The molecule has 0 saturated heterocycles. The fraction of sp³-hybridized carbons (Fsp3) is 0.310. The van der Waals surface area contributed by atoms with Crippen molar-refractivity contribution >= 4 is 27.8 Å². The molecular formula is C29H34N2O7S. The van der Waals surface area contributed by atoms with E-state index in [0.717, 1.165) is 12.0 Å². The van der Waals surface area contributed by atoms with Crippen LogP contribution in [0.3, 0.4) is 0 Å². The zero-order chi connectivity index (χ0) is 28.4.